The van der Waals surface area contributed by atoms with E-state index >= 15 is 0 Å². The third kappa shape index (κ3) is 5.20. The lowest BCUT2D eigenvalue weighted by Gasteiger charge is -2.09. The van der Waals surface area contributed by atoms with E-state index in [0.29, 0.717) is 35.2 Å². The van der Waals surface area contributed by atoms with Gasteiger partial charge in [0.1, 0.15) is 18.1 Å². The van der Waals surface area contributed by atoms with Gasteiger partial charge in [0, 0.05) is 35.9 Å². The maximum atomic E-state index is 12.6. The molecule has 0 radical (unpaired) electrons. The third-order valence-electron chi connectivity index (χ3n) is 4.22. The standard InChI is InChI=1S/C24H19N3O3/c28-24(19-10-15-26-23(16-19)29-17-18-4-2-1-3-5-18)27-20-6-8-21(9-7-20)30-22-11-13-25-14-12-22/h1-16H,17H2,(H,27,28). The van der Waals surface area contributed by atoms with Crippen molar-refractivity contribution in [1.82, 2.24) is 9.97 Å². The molecule has 4 aromatic rings. The second-order valence-electron chi connectivity index (χ2n) is 6.42. The first-order valence-electron chi connectivity index (χ1n) is 9.38. The number of anilines is 1. The van der Waals surface area contributed by atoms with Crippen LogP contribution in [0.3, 0.4) is 0 Å². The minimum absolute atomic E-state index is 0.246. The molecule has 0 spiro atoms. The summed E-state index contributed by atoms with van der Waals surface area (Å²) in [4.78, 5) is 20.7. The number of nitrogens with one attached hydrogen (secondary N) is 1. The van der Waals surface area contributed by atoms with E-state index in [1.807, 2.05) is 30.3 Å². The van der Waals surface area contributed by atoms with Crippen LogP contribution in [0.2, 0.25) is 0 Å². The molecule has 2 aromatic carbocycles. The Balaban J connectivity index is 1.36. The minimum atomic E-state index is -0.246. The number of benzene rings is 2. The molecule has 6 heteroatoms. The zero-order valence-corrected chi connectivity index (χ0v) is 16.1. The van der Waals surface area contributed by atoms with Crippen molar-refractivity contribution in [3.8, 4) is 17.4 Å². The molecule has 1 amide bonds. The van der Waals surface area contributed by atoms with Crippen molar-refractivity contribution in [1.29, 1.82) is 0 Å². The van der Waals surface area contributed by atoms with Crippen molar-refractivity contribution in [2.24, 2.45) is 0 Å². The van der Waals surface area contributed by atoms with E-state index in [2.05, 4.69) is 15.3 Å². The Kier molecular flexibility index (Phi) is 5.96. The lowest BCUT2D eigenvalue weighted by Crippen LogP contribution is -2.12. The van der Waals surface area contributed by atoms with Crippen molar-refractivity contribution < 1.29 is 14.3 Å². The van der Waals surface area contributed by atoms with Gasteiger partial charge in [0.05, 0.1) is 0 Å². The average molecular weight is 397 g/mol. The molecule has 0 saturated heterocycles. The Bertz CT molecular complexity index is 1100. The first-order chi connectivity index (χ1) is 14.8. The van der Waals surface area contributed by atoms with E-state index in [1.165, 1.54) is 0 Å². The molecular formula is C24H19N3O3. The van der Waals surface area contributed by atoms with Gasteiger partial charge in [-0.25, -0.2) is 4.98 Å². The van der Waals surface area contributed by atoms with Gasteiger partial charge in [0.15, 0.2) is 0 Å². The van der Waals surface area contributed by atoms with E-state index in [-0.39, 0.29) is 5.91 Å². The molecule has 1 N–H and O–H groups in total. The summed E-state index contributed by atoms with van der Waals surface area (Å²) in [6.07, 6.45) is 4.88. The van der Waals surface area contributed by atoms with E-state index in [4.69, 9.17) is 9.47 Å². The van der Waals surface area contributed by atoms with Gasteiger partial charge >= 0.3 is 0 Å². The Hall–Kier alpha value is -4.19. The summed E-state index contributed by atoms with van der Waals surface area (Å²) >= 11 is 0. The van der Waals surface area contributed by atoms with Crippen LogP contribution in [0.25, 0.3) is 0 Å². The van der Waals surface area contributed by atoms with Gasteiger partial charge in [-0.2, -0.15) is 0 Å². The van der Waals surface area contributed by atoms with Gasteiger partial charge in [0.2, 0.25) is 5.88 Å². The van der Waals surface area contributed by atoms with Crippen LogP contribution in [0.15, 0.2) is 97.5 Å². The average Bonchev–Trinajstić information content (AvgIpc) is 2.80. The topological polar surface area (TPSA) is 73.3 Å². The van der Waals surface area contributed by atoms with Gasteiger partial charge in [-0.05, 0) is 48.0 Å². The number of ether oxygens (including phenoxy) is 2. The van der Waals surface area contributed by atoms with E-state index in [9.17, 15) is 4.79 Å². The number of carbonyl (C=O) groups is 1. The van der Waals surface area contributed by atoms with Crippen LogP contribution in [0, 0.1) is 0 Å². The zero-order valence-electron chi connectivity index (χ0n) is 16.1. The first-order valence-corrected chi connectivity index (χ1v) is 9.38. The number of hydrogen-bond acceptors (Lipinski definition) is 5. The number of hydrogen-bond donors (Lipinski definition) is 1. The number of carbonyl (C=O) groups excluding carboxylic acids is 1. The normalized spacial score (nSPS) is 10.3. The second-order valence-corrected chi connectivity index (χ2v) is 6.42. The molecule has 148 valence electrons. The molecular weight excluding hydrogens is 378 g/mol. The van der Waals surface area contributed by atoms with Crippen molar-refractivity contribution in [2.75, 3.05) is 5.32 Å². The molecule has 6 nitrogen and oxygen atoms in total. The lowest BCUT2D eigenvalue weighted by atomic mass is 10.2. The first kappa shape index (κ1) is 19.1. The van der Waals surface area contributed by atoms with E-state index in [1.54, 1.807) is 67.1 Å². The second kappa shape index (κ2) is 9.34. The van der Waals surface area contributed by atoms with Gasteiger partial charge in [-0.1, -0.05) is 30.3 Å². The molecule has 2 heterocycles. The number of nitrogens with zero attached hydrogens (tertiary/aromatic N) is 2. The molecule has 4 rings (SSSR count). The highest BCUT2D eigenvalue weighted by Gasteiger charge is 2.09. The summed E-state index contributed by atoms with van der Waals surface area (Å²) < 4.78 is 11.4. The quantitative estimate of drug-likeness (QED) is 0.470. The van der Waals surface area contributed by atoms with Crippen LogP contribution in [-0.4, -0.2) is 15.9 Å². The molecule has 0 unspecified atom stereocenters. The van der Waals surface area contributed by atoms with Gasteiger partial charge in [0.25, 0.3) is 5.91 Å². The summed E-state index contributed by atoms with van der Waals surface area (Å²) in [5.74, 6) is 1.51. The van der Waals surface area contributed by atoms with Crippen molar-refractivity contribution >= 4 is 11.6 Å². The predicted octanol–water partition coefficient (Wildman–Crippen LogP) is 5.10. The van der Waals surface area contributed by atoms with Gasteiger partial charge in [-0.3, -0.25) is 9.78 Å². The van der Waals surface area contributed by atoms with Crippen LogP contribution in [0.4, 0.5) is 5.69 Å². The fourth-order valence-electron chi connectivity index (χ4n) is 2.71. The highest BCUT2D eigenvalue weighted by Crippen LogP contribution is 2.22. The molecule has 30 heavy (non-hydrogen) atoms. The lowest BCUT2D eigenvalue weighted by molar-refractivity contribution is 0.102. The summed E-state index contributed by atoms with van der Waals surface area (Å²) in [5.41, 5.74) is 2.15. The number of aromatic nitrogens is 2. The molecule has 0 bridgehead atoms. The fraction of sp³-hybridized carbons (Fsp3) is 0.0417. The summed E-state index contributed by atoms with van der Waals surface area (Å²) in [7, 11) is 0. The van der Waals surface area contributed by atoms with Crippen molar-refractivity contribution in [3.05, 3.63) is 109 Å². The number of amides is 1. The molecule has 0 aliphatic rings. The number of pyridine rings is 2. The molecule has 0 saturated carbocycles. The summed E-state index contributed by atoms with van der Waals surface area (Å²) in [5, 5.41) is 2.86. The maximum Gasteiger partial charge on any atom is 0.255 e. The Labute approximate surface area is 174 Å². The largest absolute Gasteiger partial charge is 0.473 e. The Morgan fingerprint density at radius 1 is 0.833 bits per heavy atom. The highest BCUT2D eigenvalue weighted by molar-refractivity contribution is 6.04. The molecule has 2 aromatic heterocycles. The maximum absolute atomic E-state index is 12.6. The summed E-state index contributed by atoms with van der Waals surface area (Å²) in [6, 6.07) is 23.7. The Morgan fingerprint density at radius 3 is 2.33 bits per heavy atom. The predicted molar refractivity (Wildman–Crippen MR) is 114 cm³/mol. The van der Waals surface area contributed by atoms with Gasteiger partial charge in [-0.15, -0.1) is 0 Å². The zero-order chi connectivity index (χ0) is 20.6. The van der Waals surface area contributed by atoms with Crippen LogP contribution in [0.1, 0.15) is 15.9 Å². The third-order valence-corrected chi connectivity index (χ3v) is 4.22. The van der Waals surface area contributed by atoms with Crippen molar-refractivity contribution in [2.45, 2.75) is 6.61 Å². The monoisotopic (exact) mass is 397 g/mol. The highest BCUT2D eigenvalue weighted by atomic mass is 16.5. The Morgan fingerprint density at radius 2 is 1.57 bits per heavy atom. The number of rotatable bonds is 7. The SMILES string of the molecule is O=C(Nc1ccc(Oc2ccncc2)cc1)c1ccnc(OCc2ccccc2)c1. The van der Waals surface area contributed by atoms with Crippen molar-refractivity contribution in [3.63, 3.8) is 0 Å². The molecule has 0 aliphatic heterocycles. The summed E-state index contributed by atoms with van der Waals surface area (Å²) in [6.45, 7) is 0.387. The molecule has 0 fully saturated rings. The minimum Gasteiger partial charge on any atom is -0.473 e. The van der Waals surface area contributed by atoms with Gasteiger partial charge < -0.3 is 14.8 Å². The van der Waals surface area contributed by atoms with E-state index in [0.717, 1.165) is 5.56 Å². The molecule has 0 atom stereocenters. The van der Waals surface area contributed by atoms with Crippen LogP contribution < -0.4 is 14.8 Å². The van der Waals surface area contributed by atoms with Crippen LogP contribution >= 0.6 is 0 Å². The van der Waals surface area contributed by atoms with E-state index < -0.39 is 0 Å². The fourth-order valence-corrected chi connectivity index (χ4v) is 2.71. The van der Waals surface area contributed by atoms with Crippen LogP contribution in [-0.2, 0) is 6.61 Å². The smallest absolute Gasteiger partial charge is 0.255 e. The molecule has 0 aliphatic carbocycles. The van der Waals surface area contributed by atoms with Crippen LogP contribution in [0.5, 0.6) is 17.4 Å².